The second-order valence-corrected chi connectivity index (χ2v) is 33.5. The summed E-state index contributed by atoms with van der Waals surface area (Å²) in [7, 11) is 0. The second-order valence-electron chi connectivity index (χ2n) is 30.5. The van der Waals surface area contributed by atoms with Crippen LogP contribution in [0.25, 0.3) is 10.9 Å². The highest BCUT2D eigenvalue weighted by atomic mass is 32.2. The molecule has 27 N–H and O–H groups in total. The van der Waals surface area contributed by atoms with Gasteiger partial charge in [0, 0.05) is 30.1 Å². The van der Waals surface area contributed by atoms with Gasteiger partial charge in [0.05, 0.1) is 64.9 Å². The molecule has 0 spiro atoms. The van der Waals surface area contributed by atoms with Crippen LogP contribution in [0, 0.1) is 11.8 Å². The third kappa shape index (κ3) is 39.4. The number of carboxylic acids is 2. The van der Waals surface area contributed by atoms with Crippen LogP contribution in [0.3, 0.4) is 0 Å². The minimum atomic E-state index is -1.82. The zero-order valence-corrected chi connectivity index (χ0v) is 75.5. The Morgan fingerprint density at radius 1 is 0.445 bits per heavy atom. The van der Waals surface area contributed by atoms with Crippen molar-refractivity contribution in [3.8, 4) is 0 Å². The number of nitrogens with zero attached hydrogens (tertiary/aromatic N) is 1. The highest BCUT2D eigenvalue weighted by Crippen LogP contribution is 2.22. The summed E-state index contributed by atoms with van der Waals surface area (Å²) in [6.45, 7) is 4.41. The van der Waals surface area contributed by atoms with Crippen molar-refractivity contribution in [2.75, 3.05) is 102 Å². The topological polar surface area (TPSA) is 727 Å². The molecule has 47 nitrogen and oxygen atoms in total. The van der Waals surface area contributed by atoms with Gasteiger partial charge in [-0.2, -0.15) is 35.3 Å². The predicted octanol–water partition coefficient (Wildman–Crippen LogP) is -9.15. The number of unbranched alkanes of at least 4 members (excludes halogenated alkanes) is 1. The molecule has 1 aliphatic heterocycles. The standard InChI is InChI=1S/C78H124N22O25S3/c1-39(2)63(74(120)87-36-59(107)92-49(21-26-127-9)71(117)94-50(22-27-128-10)70(116)89-42(6)77(123)100-24-15-19-54(100)73(119)96-53(38-101)78(124)125)97-61(109)37-84-67(113)47(18-13-14-23-79)90-58(106)34-83-68(114)48(20-25-126-8)91-57(105)33-82-56(104)32-86-75(121)64(40(3)4)98-76(122)65(43(7)102)99-72(118)51(28-44-31-81-46-17-12-11-16-45(44)46)93-60(108)35-85-69(115)52(29-62(110)111)95-66(112)41(5)88-55(103)30-80/h11-12,16-17,31,39-43,47-54,63-65,81,101-102H,13-15,18-30,32-38,79-80H2,1-10H3,(H,82,104)(H,83,114)(H,84,113)(H,85,115)(H,86,121)(H,87,120)(H,88,103)(H,89,116)(H,90,106)(H,91,105)(H,92,107)(H,93,108)(H,94,117)(H,95,112)(H,96,119)(H,97,109)(H,98,122)(H,99,118)(H,110,111)(H,124,125)/t41-,42-,43+,47-,48-,49-,50-,51-,52-,53-,54-,63-,64-,65-/m0/s1. The molecular weight excluding hydrogens is 1740 g/mol. The van der Waals surface area contributed by atoms with Gasteiger partial charge in [-0.25, -0.2) is 4.79 Å². The number of thioether (sulfide) groups is 3. The van der Waals surface area contributed by atoms with Crippen LogP contribution in [0.4, 0.5) is 0 Å². The number of aromatic amines is 1. The number of aromatic nitrogens is 1. The Bertz CT molecular complexity index is 4180. The number of nitrogens with one attached hydrogen (secondary N) is 19. The van der Waals surface area contributed by atoms with Crippen LogP contribution in [0.2, 0.25) is 0 Å². The number of aliphatic carboxylic acids is 2. The third-order valence-corrected chi connectivity index (χ3v) is 21.5. The number of para-hydroxylation sites is 1. The fourth-order valence-electron chi connectivity index (χ4n) is 12.6. The number of H-pyrrole nitrogens is 1. The molecule has 1 saturated heterocycles. The Labute approximate surface area is 751 Å². The molecule has 714 valence electrons. The fourth-order valence-corrected chi connectivity index (χ4v) is 14.0. The van der Waals surface area contributed by atoms with Crippen molar-refractivity contribution in [2.24, 2.45) is 23.3 Å². The normalized spacial score (nSPS) is 15.3. The third-order valence-electron chi connectivity index (χ3n) is 19.6. The van der Waals surface area contributed by atoms with E-state index in [-0.39, 0.29) is 51.6 Å². The Morgan fingerprint density at radius 3 is 1.38 bits per heavy atom. The molecule has 1 fully saturated rings. The average molecular weight is 1870 g/mol. The van der Waals surface area contributed by atoms with Gasteiger partial charge in [-0.15, -0.1) is 0 Å². The van der Waals surface area contributed by atoms with Crippen LogP contribution < -0.4 is 107 Å². The maximum absolute atomic E-state index is 14.2. The van der Waals surface area contributed by atoms with Crippen LogP contribution in [0.5, 0.6) is 0 Å². The molecule has 0 radical (unpaired) electrons. The second kappa shape index (κ2) is 58.1. The average Bonchev–Trinajstić information content (AvgIpc) is 1.63. The van der Waals surface area contributed by atoms with Crippen LogP contribution >= 0.6 is 35.3 Å². The van der Waals surface area contributed by atoms with E-state index in [1.165, 1.54) is 67.9 Å². The highest BCUT2D eigenvalue weighted by Gasteiger charge is 2.41. The number of rotatable bonds is 59. The number of hydrogen-bond acceptors (Lipinski definition) is 28. The van der Waals surface area contributed by atoms with Crippen molar-refractivity contribution in [3.05, 3.63) is 36.0 Å². The molecule has 14 atom stereocenters. The van der Waals surface area contributed by atoms with Crippen molar-refractivity contribution in [3.63, 3.8) is 0 Å². The molecule has 1 aliphatic rings. The first-order valence-electron chi connectivity index (χ1n) is 41.2. The summed E-state index contributed by atoms with van der Waals surface area (Å²) in [5, 5.41) is 83.1. The molecule has 3 rings (SSSR count). The largest absolute Gasteiger partial charge is 0.481 e. The van der Waals surface area contributed by atoms with E-state index in [1.807, 2.05) is 0 Å². The number of fused-ring (bicyclic) bond motifs is 1. The molecule has 1 aromatic heterocycles. The number of carbonyl (C=O) groups excluding carboxylic acids is 19. The number of hydrogen-bond donors (Lipinski definition) is 25. The summed E-state index contributed by atoms with van der Waals surface area (Å²) in [6.07, 6.45) is 5.37. The summed E-state index contributed by atoms with van der Waals surface area (Å²) >= 11 is 4.01. The van der Waals surface area contributed by atoms with E-state index in [0.29, 0.717) is 53.0 Å². The van der Waals surface area contributed by atoms with Gasteiger partial charge in [0.25, 0.3) is 0 Å². The van der Waals surface area contributed by atoms with E-state index >= 15 is 0 Å². The summed E-state index contributed by atoms with van der Waals surface area (Å²) in [5.41, 5.74) is 12.1. The molecule has 1 aromatic carbocycles. The Morgan fingerprint density at radius 2 is 0.883 bits per heavy atom. The van der Waals surface area contributed by atoms with Crippen LogP contribution in [-0.2, 0) is 107 Å². The number of carboxylic acid groups (broad SMARTS) is 2. The zero-order chi connectivity index (χ0) is 96.0. The number of nitrogens with two attached hydrogens (primary N) is 2. The molecule has 0 unspecified atom stereocenters. The van der Waals surface area contributed by atoms with Crippen LogP contribution in [0.15, 0.2) is 30.5 Å². The molecule has 50 heteroatoms. The lowest BCUT2D eigenvalue weighted by atomic mass is 10.0. The lowest BCUT2D eigenvalue weighted by molar-refractivity contribution is -0.145. The van der Waals surface area contributed by atoms with Gasteiger partial charge < -0.3 is 137 Å². The summed E-state index contributed by atoms with van der Waals surface area (Å²) in [5.74, 6) is -20.1. The summed E-state index contributed by atoms with van der Waals surface area (Å²) in [6, 6.07) is -11.2. The number of aliphatic hydroxyl groups excluding tert-OH is 2. The van der Waals surface area contributed by atoms with Crippen LogP contribution in [0.1, 0.15) is 112 Å². The first-order chi connectivity index (χ1) is 60.5. The van der Waals surface area contributed by atoms with Crippen molar-refractivity contribution >= 4 is 170 Å². The van der Waals surface area contributed by atoms with Crippen LogP contribution in [-0.4, -0.2) is 341 Å². The number of carbonyl (C=O) groups is 21. The van der Waals surface area contributed by atoms with E-state index in [0.717, 1.165) is 6.92 Å². The van der Waals surface area contributed by atoms with E-state index in [4.69, 9.17) is 11.5 Å². The van der Waals surface area contributed by atoms with Gasteiger partial charge >= 0.3 is 11.9 Å². The molecular formula is C78H124N22O25S3. The van der Waals surface area contributed by atoms with E-state index in [2.05, 4.69) is 101 Å². The van der Waals surface area contributed by atoms with Gasteiger partial charge in [-0.05, 0) is 138 Å². The fraction of sp³-hybridized carbons (Fsp3) is 0.628. The summed E-state index contributed by atoms with van der Waals surface area (Å²) in [4.78, 5) is 282. The molecule has 2 heterocycles. The molecule has 0 aliphatic carbocycles. The predicted molar refractivity (Wildman–Crippen MR) is 469 cm³/mol. The maximum atomic E-state index is 14.2. The van der Waals surface area contributed by atoms with Gasteiger partial charge in [0.2, 0.25) is 112 Å². The molecule has 19 amide bonds. The lowest BCUT2D eigenvalue weighted by Crippen LogP contribution is -2.61. The van der Waals surface area contributed by atoms with Crippen molar-refractivity contribution in [2.45, 2.75) is 197 Å². The van der Waals surface area contributed by atoms with Gasteiger partial charge in [-0.1, -0.05) is 45.9 Å². The maximum Gasteiger partial charge on any atom is 0.328 e. The smallest absolute Gasteiger partial charge is 0.328 e. The van der Waals surface area contributed by atoms with Crippen molar-refractivity contribution in [1.82, 2.24) is 106 Å². The Balaban J connectivity index is 1.59. The van der Waals surface area contributed by atoms with Gasteiger partial charge in [0.15, 0.2) is 0 Å². The molecule has 2 aromatic rings. The lowest BCUT2D eigenvalue weighted by Gasteiger charge is -2.29. The quantitative estimate of drug-likeness (QED) is 0.0274. The first kappa shape index (κ1) is 111. The molecule has 0 bridgehead atoms. The van der Waals surface area contributed by atoms with Gasteiger partial charge in [0.1, 0.15) is 78.5 Å². The van der Waals surface area contributed by atoms with E-state index in [1.54, 1.807) is 63.1 Å². The molecule has 128 heavy (non-hydrogen) atoms. The number of benzene rings is 1. The number of likely N-dealkylation sites (tertiary alicyclic amines) is 1. The minimum Gasteiger partial charge on any atom is -0.481 e. The first-order valence-corrected chi connectivity index (χ1v) is 45.4. The Hall–Kier alpha value is -11.5. The van der Waals surface area contributed by atoms with Crippen molar-refractivity contribution < 1.29 is 121 Å². The summed E-state index contributed by atoms with van der Waals surface area (Å²) < 4.78 is 0. The minimum absolute atomic E-state index is 0.00646. The number of amides is 19. The molecule has 0 saturated carbocycles. The van der Waals surface area contributed by atoms with E-state index in [9.17, 15) is 121 Å². The monoisotopic (exact) mass is 1860 g/mol. The Kier molecular flexibility index (Phi) is 50.2. The SMILES string of the molecule is CSCC[C@H](NC(=O)CNC(=O)CNC(=O)[C@@H](NC(=O)[C@@H](NC(=O)[C@H](Cc1c[nH]c2ccccc12)NC(=O)CNC(=O)[C@H](CC(=O)O)NC(=O)[C@H](C)NC(=O)CN)[C@@H](C)O)C(C)C)C(=O)NCC(=O)N[C@@H](CCCCN)C(=O)NCC(=O)N[C@H](C(=O)NCC(=O)N[C@@H](CCSC)C(=O)N[C@@H](CCSC)C(=O)N[C@@H](C)C(=O)N1CCC[C@H]1C(=O)N[C@@H](CO)C(=O)O)C(C)C. The zero-order valence-electron chi connectivity index (χ0n) is 73.1. The number of aliphatic hydroxyl groups is 2. The van der Waals surface area contributed by atoms with Gasteiger partial charge in [-0.3, -0.25) is 95.9 Å². The van der Waals surface area contributed by atoms with Crippen molar-refractivity contribution in [1.29, 1.82) is 0 Å². The highest BCUT2D eigenvalue weighted by molar-refractivity contribution is 7.99. The van der Waals surface area contributed by atoms with E-state index < -0.39 is 279 Å².